The molecule has 0 fully saturated rings. The summed E-state index contributed by atoms with van der Waals surface area (Å²) in [5.74, 6) is 5.94. The lowest BCUT2D eigenvalue weighted by Gasteiger charge is -2.03. The fraction of sp³-hybridized carbons (Fsp3) is 0.0667. The number of hydrogen-bond acceptors (Lipinski definition) is 5. The van der Waals surface area contributed by atoms with Gasteiger partial charge in [0.25, 0.3) is 5.91 Å². The van der Waals surface area contributed by atoms with Gasteiger partial charge in [-0.15, -0.1) is 0 Å². The second-order valence-corrected chi connectivity index (χ2v) is 5.38. The first-order chi connectivity index (χ1) is 10.6. The number of nitrogens with two attached hydrogens (primary N) is 1. The van der Waals surface area contributed by atoms with Crippen LogP contribution < -0.4 is 16.0 Å². The van der Waals surface area contributed by atoms with Gasteiger partial charge in [0.05, 0.1) is 11.6 Å². The predicted molar refractivity (Wildman–Crippen MR) is 85.4 cm³/mol. The Morgan fingerprint density at radius 2 is 2.14 bits per heavy atom. The number of fused-ring (bicyclic) bond motifs is 1. The molecule has 0 aliphatic rings. The molecule has 1 amide bonds. The van der Waals surface area contributed by atoms with Crippen LogP contribution in [0.15, 0.2) is 45.3 Å². The van der Waals surface area contributed by atoms with Crippen LogP contribution in [0.25, 0.3) is 22.6 Å². The minimum atomic E-state index is -0.376. The first kappa shape index (κ1) is 14.6. The van der Waals surface area contributed by atoms with Gasteiger partial charge in [0.15, 0.2) is 5.58 Å². The van der Waals surface area contributed by atoms with Gasteiger partial charge in [0.2, 0.25) is 5.89 Å². The average molecular weight is 362 g/mol. The third-order valence-electron chi connectivity index (χ3n) is 3.18. The zero-order valence-corrected chi connectivity index (χ0v) is 13.2. The molecule has 0 unspecified atom stereocenters. The molecule has 0 saturated carbocycles. The maximum atomic E-state index is 11.5. The van der Waals surface area contributed by atoms with Crippen molar-refractivity contribution in [2.45, 2.75) is 0 Å². The van der Waals surface area contributed by atoms with E-state index in [4.69, 9.17) is 15.0 Å². The van der Waals surface area contributed by atoms with Crippen LogP contribution in [0.4, 0.5) is 0 Å². The lowest BCUT2D eigenvalue weighted by Crippen LogP contribution is -2.29. The van der Waals surface area contributed by atoms with Gasteiger partial charge in [-0.05, 0) is 52.3 Å². The molecule has 3 rings (SSSR count). The lowest BCUT2D eigenvalue weighted by molar-refractivity contribution is 0.0954. The summed E-state index contributed by atoms with van der Waals surface area (Å²) in [6, 6.07) is 10.5. The zero-order chi connectivity index (χ0) is 15.7. The van der Waals surface area contributed by atoms with E-state index in [1.165, 1.54) is 0 Å². The van der Waals surface area contributed by atoms with Crippen molar-refractivity contribution in [3.8, 4) is 17.2 Å². The van der Waals surface area contributed by atoms with Crippen LogP contribution in [0.1, 0.15) is 10.4 Å². The monoisotopic (exact) mass is 361 g/mol. The van der Waals surface area contributed by atoms with Crippen LogP contribution in [0.3, 0.4) is 0 Å². The minimum Gasteiger partial charge on any atom is -0.496 e. The fourth-order valence-electron chi connectivity index (χ4n) is 2.07. The van der Waals surface area contributed by atoms with Gasteiger partial charge in [-0.1, -0.05) is 0 Å². The van der Waals surface area contributed by atoms with E-state index in [1.54, 1.807) is 25.3 Å². The zero-order valence-electron chi connectivity index (χ0n) is 11.6. The Kier molecular flexibility index (Phi) is 3.82. The highest BCUT2D eigenvalue weighted by Gasteiger charge is 2.12. The Morgan fingerprint density at radius 1 is 1.32 bits per heavy atom. The van der Waals surface area contributed by atoms with Crippen molar-refractivity contribution in [3.05, 3.63) is 46.4 Å². The molecule has 112 valence electrons. The third kappa shape index (κ3) is 2.56. The summed E-state index contributed by atoms with van der Waals surface area (Å²) >= 11 is 3.43. The summed E-state index contributed by atoms with van der Waals surface area (Å²) < 4.78 is 11.7. The number of nitrogens with zero attached hydrogens (tertiary/aromatic N) is 1. The number of carbonyl (C=O) groups is 1. The first-order valence-corrected chi connectivity index (χ1v) is 7.17. The van der Waals surface area contributed by atoms with Crippen molar-refractivity contribution >= 4 is 32.9 Å². The highest BCUT2D eigenvalue weighted by molar-refractivity contribution is 9.10. The van der Waals surface area contributed by atoms with Crippen molar-refractivity contribution in [1.82, 2.24) is 10.4 Å². The molecule has 0 saturated heterocycles. The SMILES string of the molecule is COc1ccc(-c2nc3cc(C(=O)NN)ccc3o2)cc1Br. The molecule has 7 heteroatoms. The highest BCUT2D eigenvalue weighted by Crippen LogP contribution is 2.31. The molecule has 0 bridgehead atoms. The van der Waals surface area contributed by atoms with E-state index in [0.29, 0.717) is 22.6 Å². The van der Waals surface area contributed by atoms with E-state index in [9.17, 15) is 4.79 Å². The number of hydrogen-bond donors (Lipinski definition) is 2. The van der Waals surface area contributed by atoms with Gasteiger partial charge in [-0.25, -0.2) is 10.8 Å². The summed E-state index contributed by atoms with van der Waals surface area (Å²) in [6.07, 6.45) is 0. The molecule has 3 aromatic rings. The molecule has 0 aliphatic heterocycles. The Bertz CT molecular complexity index is 860. The number of rotatable bonds is 3. The van der Waals surface area contributed by atoms with Crippen LogP contribution in [0.5, 0.6) is 5.75 Å². The van der Waals surface area contributed by atoms with Crippen molar-refractivity contribution in [1.29, 1.82) is 0 Å². The molecule has 3 N–H and O–H groups in total. The molecule has 6 nitrogen and oxygen atoms in total. The van der Waals surface area contributed by atoms with Crippen LogP contribution in [0.2, 0.25) is 0 Å². The van der Waals surface area contributed by atoms with E-state index in [0.717, 1.165) is 15.8 Å². The molecule has 1 heterocycles. The van der Waals surface area contributed by atoms with Crippen molar-refractivity contribution in [2.75, 3.05) is 7.11 Å². The smallest absolute Gasteiger partial charge is 0.265 e. The lowest BCUT2D eigenvalue weighted by atomic mass is 10.2. The molecule has 2 aromatic carbocycles. The standard InChI is InChI=1S/C15H12BrN3O3/c1-21-12-4-3-9(6-10(12)16)15-18-11-7-8(14(20)19-17)2-5-13(11)22-15/h2-7H,17H2,1H3,(H,19,20). The number of benzene rings is 2. The summed E-state index contributed by atoms with van der Waals surface area (Å²) in [5.41, 5.74) is 4.49. The second kappa shape index (κ2) is 5.78. The molecule has 1 aromatic heterocycles. The van der Waals surface area contributed by atoms with Gasteiger partial charge in [0, 0.05) is 11.1 Å². The fourth-order valence-corrected chi connectivity index (χ4v) is 2.62. The van der Waals surface area contributed by atoms with Crippen LogP contribution in [0, 0.1) is 0 Å². The summed E-state index contributed by atoms with van der Waals surface area (Å²) in [6.45, 7) is 0. The molecular formula is C15H12BrN3O3. The Morgan fingerprint density at radius 3 is 2.82 bits per heavy atom. The molecule has 0 radical (unpaired) electrons. The van der Waals surface area contributed by atoms with E-state index >= 15 is 0 Å². The third-order valence-corrected chi connectivity index (χ3v) is 3.80. The molecule has 0 aliphatic carbocycles. The van der Waals surface area contributed by atoms with E-state index < -0.39 is 0 Å². The van der Waals surface area contributed by atoms with Gasteiger partial charge < -0.3 is 9.15 Å². The normalized spacial score (nSPS) is 10.7. The molecule has 0 atom stereocenters. The molecular weight excluding hydrogens is 350 g/mol. The Balaban J connectivity index is 2.05. The number of hydrazine groups is 1. The number of nitrogen functional groups attached to an aromatic ring is 1. The average Bonchev–Trinajstić information content (AvgIpc) is 2.97. The number of oxazole rings is 1. The minimum absolute atomic E-state index is 0.376. The number of halogens is 1. The summed E-state index contributed by atoms with van der Waals surface area (Å²) in [5, 5.41) is 0. The first-order valence-electron chi connectivity index (χ1n) is 6.38. The quantitative estimate of drug-likeness (QED) is 0.425. The van der Waals surface area contributed by atoms with Crippen molar-refractivity contribution in [2.24, 2.45) is 5.84 Å². The van der Waals surface area contributed by atoms with Crippen LogP contribution in [-0.4, -0.2) is 18.0 Å². The second-order valence-electron chi connectivity index (χ2n) is 4.52. The van der Waals surface area contributed by atoms with Crippen LogP contribution in [-0.2, 0) is 0 Å². The Labute approximate surface area is 134 Å². The topological polar surface area (TPSA) is 90.4 Å². The van der Waals surface area contributed by atoms with Gasteiger partial charge in [-0.3, -0.25) is 10.2 Å². The Hall–Kier alpha value is -2.38. The summed E-state index contributed by atoms with van der Waals surface area (Å²) in [7, 11) is 1.60. The number of nitrogens with one attached hydrogen (secondary N) is 1. The van der Waals surface area contributed by atoms with Gasteiger partial charge in [-0.2, -0.15) is 0 Å². The predicted octanol–water partition coefficient (Wildman–Crippen LogP) is 2.87. The number of carbonyl (C=O) groups excluding carboxylic acids is 1. The largest absolute Gasteiger partial charge is 0.496 e. The van der Waals surface area contributed by atoms with Gasteiger partial charge >= 0.3 is 0 Å². The number of amides is 1. The number of aromatic nitrogens is 1. The van der Waals surface area contributed by atoms with E-state index in [-0.39, 0.29) is 5.91 Å². The van der Waals surface area contributed by atoms with Crippen LogP contribution >= 0.6 is 15.9 Å². The van der Waals surface area contributed by atoms with E-state index in [1.807, 2.05) is 18.2 Å². The molecule has 22 heavy (non-hydrogen) atoms. The van der Waals surface area contributed by atoms with E-state index in [2.05, 4.69) is 26.3 Å². The number of ether oxygens (including phenoxy) is 1. The van der Waals surface area contributed by atoms with Crippen molar-refractivity contribution in [3.63, 3.8) is 0 Å². The van der Waals surface area contributed by atoms with Crippen molar-refractivity contribution < 1.29 is 13.9 Å². The maximum absolute atomic E-state index is 11.5. The molecule has 0 spiro atoms. The highest BCUT2D eigenvalue weighted by atomic mass is 79.9. The maximum Gasteiger partial charge on any atom is 0.265 e. The van der Waals surface area contributed by atoms with Gasteiger partial charge in [0.1, 0.15) is 11.3 Å². The summed E-state index contributed by atoms with van der Waals surface area (Å²) in [4.78, 5) is 15.9. The number of methoxy groups -OCH3 is 1.